The van der Waals surface area contributed by atoms with Gasteiger partial charge in [0, 0.05) is 19.6 Å². The summed E-state index contributed by atoms with van der Waals surface area (Å²) in [6.45, 7) is 7.47. The summed E-state index contributed by atoms with van der Waals surface area (Å²) in [5.41, 5.74) is 0. The maximum absolute atomic E-state index is 12.5. The Morgan fingerprint density at radius 3 is 2.41 bits per heavy atom. The first-order valence-corrected chi connectivity index (χ1v) is 8.18. The molecule has 7 heteroatoms. The van der Waals surface area contributed by atoms with Crippen molar-refractivity contribution < 1.29 is 13.2 Å². The molecule has 2 heterocycles. The number of likely N-dealkylation sites (tertiary alicyclic amines) is 1. The van der Waals surface area contributed by atoms with Crippen molar-refractivity contribution >= 4 is 12.4 Å². The normalized spacial score (nSPS) is 24.7. The minimum absolute atomic E-state index is 0. The molecule has 0 aromatic rings. The van der Waals surface area contributed by atoms with Crippen molar-refractivity contribution in [3.8, 4) is 0 Å². The summed E-state index contributed by atoms with van der Waals surface area (Å²) in [5.74, 6) is 1.16. The van der Waals surface area contributed by atoms with Gasteiger partial charge in [-0.1, -0.05) is 6.92 Å². The van der Waals surface area contributed by atoms with Crippen LogP contribution in [0.4, 0.5) is 13.2 Å². The molecule has 0 bridgehead atoms. The predicted octanol–water partition coefficient (Wildman–Crippen LogP) is 2.61. The van der Waals surface area contributed by atoms with Crippen LogP contribution in [0.2, 0.25) is 0 Å². The van der Waals surface area contributed by atoms with Gasteiger partial charge in [0.05, 0.1) is 6.54 Å². The molecule has 22 heavy (non-hydrogen) atoms. The van der Waals surface area contributed by atoms with Gasteiger partial charge in [-0.15, -0.1) is 12.4 Å². The Balaban J connectivity index is 0.00000242. The quantitative estimate of drug-likeness (QED) is 0.800. The lowest BCUT2D eigenvalue weighted by Crippen LogP contribution is -2.39. The molecular weight excluding hydrogens is 315 g/mol. The fraction of sp³-hybridized carbons (Fsp3) is 1.00. The second kappa shape index (κ2) is 9.30. The summed E-state index contributed by atoms with van der Waals surface area (Å²) in [6, 6.07) is 0. The van der Waals surface area contributed by atoms with Crippen LogP contribution in [0, 0.1) is 11.8 Å². The summed E-state index contributed by atoms with van der Waals surface area (Å²) in [7, 11) is 0. The molecule has 2 saturated heterocycles. The minimum Gasteiger partial charge on any atom is -0.317 e. The summed E-state index contributed by atoms with van der Waals surface area (Å²) in [6.07, 6.45) is -0.574. The maximum Gasteiger partial charge on any atom is 0.401 e. The zero-order valence-corrected chi connectivity index (χ0v) is 14.2. The van der Waals surface area contributed by atoms with Gasteiger partial charge >= 0.3 is 6.18 Å². The third-order valence-electron chi connectivity index (χ3n) is 4.71. The first-order chi connectivity index (χ1) is 9.96. The molecule has 0 aromatic heterocycles. The average Bonchev–Trinajstić information content (AvgIpc) is 2.85. The van der Waals surface area contributed by atoms with E-state index in [0.717, 1.165) is 45.1 Å². The number of halogens is 4. The van der Waals surface area contributed by atoms with Gasteiger partial charge in [0.25, 0.3) is 0 Å². The van der Waals surface area contributed by atoms with Crippen molar-refractivity contribution in [3.63, 3.8) is 0 Å². The maximum atomic E-state index is 12.5. The standard InChI is InChI=1S/C15H28F3N3.ClH/c1-2-20(12-15(16,17)18)10-14-5-8-21(11-14)9-13-3-6-19-7-4-13;/h13-14,19H,2-12H2,1H3;1H. The Hall–Kier alpha value is -0.0400. The van der Waals surface area contributed by atoms with Crippen molar-refractivity contribution in [2.75, 3.05) is 52.4 Å². The number of alkyl halides is 3. The van der Waals surface area contributed by atoms with Gasteiger partial charge in [0.1, 0.15) is 0 Å². The van der Waals surface area contributed by atoms with Crippen LogP contribution in [-0.4, -0.2) is 68.3 Å². The summed E-state index contributed by atoms with van der Waals surface area (Å²) < 4.78 is 37.5. The summed E-state index contributed by atoms with van der Waals surface area (Å²) >= 11 is 0. The van der Waals surface area contributed by atoms with Crippen LogP contribution in [0.15, 0.2) is 0 Å². The highest BCUT2D eigenvalue weighted by atomic mass is 35.5. The van der Waals surface area contributed by atoms with E-state index >= 15 is 0 Å². The van der Waals surface area contributed by atoms with Crippen molar-refractivity contribution in [1.29, 1.82) is 0 Å². The SMILES string of the molecule is CCN(CC1CCN(CC2CCNCC2)C1)CC(F)(F)F.Cl. The molecule has 2 aliphatic heterocycles. The number of rotatable bonds is 6. The van der Waals surface area contributed by atoms with Crippen LogP contribution >= 0.6 is 12.4 Å². The molecule has 0 spiro atoms. The average molecular weight is 344 g/mol. The van der Waals surface area contributed by atoms with Crippen molar-refractivity contribution in [3.05, 3.63) is 0 Å². The van der Waals surface area contributed by atoms with Gasteiger partial charge in [-0.3, -0.25) is 4.90 Å². The lowest BCUT2D eigenvalue weighted by Gasteiger charge is -2.28. The second-order valence-corrected chi connectivity index (χ2v) is 6.55. The number of piperidine rings is 1. The molecule has 0 radical (unpaired) electrons. The molecule has 2 rings (SSSR count). The largest absolute Gasteiger partial charge is 0.401 e. The van der Waals surface area contributed by atoms with Crippen LogP contribution in [0.3, 0.4) is 0 Å². The third-order valence-corrected chi connectivity index (χ3v) is 4.71. The van der Waals surface area contributed by atoms with Crippen LogP contribution in [0.1, 0.15) is 26.2 Å². The summed E-state index contributed by atoms with van der Waals surface area (Å²) in [4.78, 5) is 4.00. The minimum atomic E-state index is -4.08. The van der Waals surface area contributed by atoms with Crippen LogP contribution in [0.5, 0.6) is 0 Å². The smallest absolute Gasteiger partial charge is 0.317 e. The molecule has 3 nitrogen and oxygen atoms in total. The van der Waals surface area contributed by atoms with E-state index in [4.69, 9.17) is 0 Å². The molecule has 0 aromatic carbocycles. The Morgan fingerprint density at radius 2 is 1.82 bits per heavy atom. The highest BCUT2D eigenvalue weighted by Gasteiger charge is 2.32. The monoisotopic (exact) mass is 343 g/mol. The second-order valence-electron chi connectivity index (χ2n) is 6.55. The molecule has 1 N–H and O–H groups in total. The summed E-state index contributed by atoms with van der Waals surface area (Å²) in [5, 5.41) is 3.37. The van der Waals surface area contributed by atoms with Gasteiger partial charge in [-0.2, -0.15) is 13.2 Å². The van der Waals surface area contributed by atoms with Crippen molar-refractivity contribution in [2.45, 2.75) is 32.4 Å². The molecule has 1 unspecified atom stereocenters. The van der Waals surface area contributed by atoms with E-state index in [1.165, 1.54) is 12.8 Å². The number of nitrogens with zero attached hydrogens (tertiary/aromatic N) is 2. The van der Waals surface area contributed by atoms with Crippen LogP contribution < -0.4 is 5.32 Å². The van der Waals surface area contributed by atoms with E-state index in [2.05, 4.69) is 10.2 Å². The highest BCUT2D eigenvalue weighted by Crippen LogP contribution is 2.23. The molecule has 2 fully saturated rings. The van der Waals surface area contributed by atoms with E-state index in [1.54, 1.807) is 4.90 Å². The van der Waals surface area contributed by atoms with E-state index in [0.29, 0.717) is 19.0 Å². The first-order valence-electron chi connectivity index (χ1n) is 8.18. The Bertz CT molecular complexity index is 309. The fourth-order valence-corrected chi connectivity index (χ4v) is 3.58. The van der Waals surface area contributed by atoms with Gasteiger partial charge in [0.2, 0.25) is 0 Å². The molecule has 2 aliphatic rings. The van der Waals surface area contributed by atoms with Crippen molar-refractivity contribution in [1.82, 2.24) is 15.1 Å². The van der Waals surface area contributed by atoms with E-state index in [1.807, 2.05) is 6.92 Å². The number of hydrogen-bond acceptors (Lipinski definition) is 3. The Labute approximate surface area is 138 Å². The lowest BCUT2D eigenvalue weighted by atomic mass is 9.98. The molecular formula is C15H29ClF3N3. The molecule has 0 aliphatic carbocycles. The topological polar surface area (TPSA) is 18.5 Å². The van der Waals surface area contributed by atoms with E-state index in [9.17, 15) is 13.2 Å². The number of nitrogens with one attached hydrogen (secondary N) is 1. The van der Waals surface area contributed by atoms with Crippen molar-refractivity contribution in [2.24, 2.45) is 11.8 Å². The lowest BCUT2D eigenvalue weighted by molar-refractivity contribution is -0.146. The van der Waals surface area contributed by atoms with Gasteiger partial charge in [-0.25, -0.2) is 0 Å². The zero-order valence-electron chi connectivity index (χ0n) is 13.4. The number of hydrogen-bond donors (Lipinski definition) is 1. The van der Waals surface area contributed by atoms with Crippen LogP contribution in [0.25, 0.3) is 0 Å². The van der Waals surface area contributed by atoms with Gasteiger partial charge in [-0.05, 0) is 57.3 Å². The molecule has 1 atom stereocenters. The molecule has 132 valence electrons. The van der Waals surface area contributed by atoms with Crippen LogP contribution in [-0.2, 0) is 0 Å². The Morgan fingerprint density at radius 1 is 1.14 bits per heavy atom. The molecule has 0 amide bonds. The zero-order chi connectivity index (χ0) is 15.3. The van der Waals surface area contributed by atoms with E-state index in [-0.39, 0.29) is 12.4 Å². The predicted molar refractivity (Wildman–Crippen MR) is 85.6 cm³/mol. The molecule has 0 saturated carbocycles. The fourth-order valence-electron chi connectivity index (χ4n) is 3.58. The first kappa shape index (κ1) is 20.0. The third kappa shape index (κ3) is 7.02. The van der Waals surface area contributed by atoms with E-state index < -0.39 is 12.7 Å². The highest BCUT2D eigenvalue weighted by molar-refractivity contribution is 5.85. The Kier molecular flexibility index (Phi) is 8.46. The van der Waals surface area contributed by atoms with Gasteiger partial charge in [0.15, 0.2) is 0 Å². The van der Waals surface area contributed by atoms with Gasteiger partial charge < -0.3 is 10.2 Å².